The fourth-order valence-electron chi connectivity index (χ4n) is 2.02. The molecule has 0 aromatic carbocycles. The number of thiophene rings is 1. The van der Waals surface area contributed by atoms with Crippen LogP contribution < -0.4 is 11.1 Å². The third-order valence-corrected chi connectivity index (χ3v) is 4.30. The molecule has 0 bridgehead atoms. The van der Waals surface area contributed by atoms with Gasteiger partial charge in [-0.2, -0.15) is 0 Å². The first-order valence-electron chi connectivity index (χ1n) is 6.60. The van der Waals surface area contributed by atoms with E-state index in [2.05, 4.69) is 10.3 Å². The summed E-state index contributed by atoms with van der Waals surface area (Å²) in [5, 5.41) is 3.94. The number of nitrogens with one attached hydrogen (secondary N) is 1. The summed E-state index contributed by atoms with van der Waals surface area (Å²) in [4.78, 5) is 20.0. The van der Waals surface area contributed by atoms with Gasteiger partial charge in [0.05, 0.1) is 5.69 Å². The molecule has 6 heteroatoms. The van der Waals surface area contributed by atoms with E-state index in [0.29, 0.717) is 17.1 Å². The highest BCUT2D eigenvalue weighted by molar-refractivity contribution is 7.21. The normalized spacial score (nSPS) is 10.9. The highest BCUT2D eigenvalue weighted by Crippen LogP contribution is 2.33. The van der Waals surface area contributed by atoms with Crippen molar-refractivity contribution in [3.05, 3.63) is 22.7 Å². The predicted octanol–water partition coefficient (Wildman–Crippen LogP) is 1.87. The van der Waals surface area contributed by atoms with Crippen LogP contribution in [-0.2, 0) is 0 Å². The third kappa shape index (κ3) is 2.91. The van der Waals surface area contributed by atoms with Crippen molar-refractivity contribution in [2.75, 3.05) is 32.9 Å². The van der Waals surface area contributed by atoms with Gasteiger partial charge < -0.3 is 16.0 Å². The molecule has 2 rings (SSSR count). The standard InChI is InChI=1S/C14H20N4OS/c1-9-5-6-10-11(15)12(20-13(10)17-9)14(19)18(3)8-4-7-16-2/h5-6,16H,4,7-8,15H2,1-3H3. The van der Waals surface area contributed by atoms with Crippen molar-refractivity contribution < 1.29 is 4.79 Å². The number of aryl methyl sites for hydroxylation is 1. The maximum absolute atomic E-state index is 12.4. The Kier molecular flexibility index (Phi) is 4.57. The first-order chi connectivity index (χ1) is 9.54. The van der Waals surface area contributed by atoms with Crippen molar-refractivity contribution in [3.8, 4) is 0 Å². The van der Waals surface area contributed by atoms with Gasteiger partial charge in [-0.15, -0.1) is 11.3 Å². The minimum Gasteiger partial charge on any atom is -0.397 e. The van der Waals surface area contributed by atoms with Crippen molar-refractivity contribution >= 4 is 33.1 Å². The number of fused-ring (bicyclic) bond motifs is 1. The number of hydrogen-bond acceptors (Lipinski definition) is 5. The van der Waals surface area contributed by atoms with E-state index in [4.69, 9.17) is 5.73 Å². The molecule has 2 heterocycles. The number of carbonyl (C=O) groups excluding carboxylic acids is 1. The fraction of sp³-hybridized carbons (Fsp3) is 0.429. The number of nitrogens with two attached hydrogens (primary N) is 1. The number of nitrogen functional groups attached to an aromatic ring is 1. The van der Waals surface area contributed by atoms with Gasteiger partial charge in [0.2, 0.25) is 0 Å². The summed E-state index contributed by atoms with van der Waals surface area (Å²) in [5.74, 6) is -0.0285. The highest BCUT2D eigenvalue weighted by atomic mass is 32.1. The van der Waals surface area contributed by atoms with Crippen LogP contribution in [0.3, 0.4) is 0 Å². The number of nitrogens with zero attached hydrogens (tertiary/aromatic N) is 2. The van der Waals surface area contributed by atoms with Crippen molar-refractivity contribution in [2.24, 2.45) is 0 Å². The summed E-state index contributed by atoms with van der Waals surface area (Å²) in [6.07, 6.45) is 0.918. The van der Waals surface area contributed by atoms with Gasteiger partial charge in [0.25, 0.3) is 5.91 Å². The van der Waals surface area contributed by atoms with Gasteiger partial charge in [-0.1, -0.05) is 0 Å². The molecule has 0 saturated carbocycles. The molecule has 108 valence electrons. The maximum Gasteiger partial charge on any atom is 0.265 e. The van der Waals surface area contributed by atoms with E-state index in [9.17, 15) is 4.79 Å². The van der Waals surface area contributed by atoms with Gasteiger partial charge >= 0.3 is 0 Å². The van der Waals surface area contributed by atoms with Crippen LogP contribution in [0.4, 0.5) is 5.69 Å². The number of amides is 1. The van der Waals surface area contributed by atoms with Crippen LogP contribution >= 0.6 is 11.3 Å². The van der Waals surface area contributed by atoms with Crippen molar-refractivity contribution in [1.82, 2.24) is 15.2 Å². The quantitative estimate of drug-likeness (QED) is 0.825. The Morgan fingerprint density at radius 1 is 1.50 bits per heavy atom. The van der Waals surface area contributed by atoms with Gasteiger partial charge in [-0.3, -0.25) is 4.79 Å². The van der Waals surface area contributed by atoms with Crippen LogP contribution in [0, 0.1) is 6.92 Å². The van der Waals surface area contributed by atoms with E-state index in [0.717, 1.165) is 28.9 Å². The van der Waals surface area contributed by atoms with Crippen molar-refractivity contribution in [2.45, 2.75) is 13.3 Å². The van der Waals surface area contributed by atoms with E-state index < -0.39 is 0 Å². The van der Waals surface area contributed by atoms with Crippen LogP contribution in [0.15, 0.2) is 12.1 Å². The Labute approximate surface area is 122 Å². The van der Waals surface area contributed by atoms with Crippen LogP contribution in [0.2, 0.25) is 0 Å². The Morgan fingerprint density at radius 3 is 2.95 bits per heavy atom. The Morgan fingerprint density at radius 2 is 2.25 bits per heavy atom. The first-order valence-corrected chi connectivity index (χ1v) is 7.42. The molecule has 5 nitrogen and oxygen atoms in total. The molecule has 0 spiro atoms. The number of anilines is 1. The molecule has 0 atom stereocenters. The van der Waals surface area contributed by atoms with Crippen LogP contribution in [0.1, 0.15) is 21.8 Å². The van der Waals surface area contributed by atoms with Crippen molar-refractivity contribution in [1.29, 1.82) is 0 Å². The fourth-order valence-corrected chi connectivity index (χ4v) is 3.15. The number of hydrogen-bond donors (Lipinski definition) is 2. The summed E-state index contributed by atoms with van der Waals surface area (Å²) in [6, 6.07) is 3.84. The average Bonchev–Trinajstić information content (AvgIpc) is 2.74. The number of pyridine rings is 1. The molecule has 0 aliphatic rings. The summed E-state index contributed by atoms with van der Waals surface area (Å²) in [7, 11) is 3.71. The molecule has 0 unspecified atom stereocenters. The van der Waals surface area contributed by atoms with Crippen LogP contribution in [0.5, 0.6) is 0 Å². The average molecular weight is 292 g/mol. The molecule has 3 N–H and O–H groups in total. The molecule has 1 amide bonds. The first kappa shape index (κ1) is 14.7. The molecule has 0 saturated heterocycles. The molecule has 0 aliphatic carbocycles. The van der Waals surface area contributed by atoms with Crippen molar-refractivity contribution in [3.63, 3.8) is 0 Å². The maximum atomic E-state index is 12.4. The minimum atomic E-state index is -0.0285. The van der Waals surface area contributed by atoms with Gasteiger partial charge in [-0.05, 0) is 39.1 Å². The van der Waals surface area contributed by atoms with Crippen LogP contribution in [0.25, 0.3) is 10.2 Å². The largest absolute Gasteiger partial charge is 0.397 e. The topological polar surface area (TPSA) is 71.2 Å². The molecule has 2 aromatic rings. The molecular weight excluding hydrogens is 272 g/mol. The Bertz CT molecular complexity index is 623. The van der Waals surface area contributed by atoms with Crippen LogP contribution in [-0.4, -0.2) is 43.0 Å². The summed E-state index contributed by atoms with van der Waals surface area (Å²) in [6.45, 7) is 3.53. The number of rotatable bonds is 5. The lowest BCUT2D eigenvalue weighted by atomic mass is 10.2. The second kappa shape index (κ2) is 6.19. The molecular formula is C14H20N4OS. The lowest BCUT2D eigenvalue weighted by molar-refractivity contribution is 0.0799. The lowest BCUT2D eigenvalue weighted by Crippen LogP contribution is -2.29. The SMILES string of the molecule is CNCCCN(C)C(=O)c1sc2nc(C)ccc2c1N. The summed E-state index contributed by atoms with van der Waals surface area (Å²) >= 11 is 1.37. The number of aromatic nitrogens is 1. The van der Waals surface area contributed by atoms with E-state index in [1.165, 1.54) is 11.3 Å². The highest BCUT2D eigenvalue weighted by Gasteiger charge is 2.20. The second-order valence-corrected chi connectivity index (χ2v) is 5.83. The van der Waals surface area contributed by atoms with E-state index >= 15 is 0 Å². The molecule has 2 aromatic heterocycles. The van der Waals surface area contributed by atoms with E-state index in [-0.39, 0.29) is 5.91 Å². The molecule has 0 radical (unpaired) electrons. The van der Waals surface area contributed by atoms with Gasteiger partial charge in [-0.25, -0.2) is 4.98 Å². The zero-order chi connectivity index (χ0) is 14.7. The Hall–Kier alpha value is -1.66. The zero-order valence-electron chi connectivity index (χ0n) is 12.1. The summed E-state index contributed by atoms with van der Waals surface area (Å²) in [5.41, 5.74) is 7.57. The predicted molar refractivity (Wildman–Crippen MR) is 84.3 cm³/mol. The molecule has 0 fully saturated rings. The summed E-state index contributed by atoms with van der Waals surface area (Å²) < 4.78 is 0. The zero-order valence-corrected chi connectivity index (χ0v) is 12.9. The van der Waals surface area contributed by atoms with Gasteiger partial charge in [0.1, 0.15) is 9.71 Å². The molecule has 0 aliphatic heterocycles. The third-order valence-electron chi connectivity index (χ3n) is 3.19. The number of carbonyl (C=O) groups is 1. The minimum absolute atomic E-state index is 0.0285. The Balaban J connectivity index is 2.23. The van der Waals surface area contributed by atoms with Gasteiger partial charge in [0.15, 0.2) is 0 Å². The second-order valence-electron chi connectivity index (χ2n) is 4.83. The lowest BCUT2D eigenvalue weighted by Gasteiger charge is -2.16. The molecule has 20 heavy (non-hydrogen) atoms. The van der Waals surface area contributed by atoms with E-state index in [1.54, 1.807) is 11.9 Å². The smallest absolute Gasteiger partial charge is 0.265 e. The van der Waals surface area contributed by atoms with Gasteiger partial charge in [0, 0.05) is 24.7 Å². The van der Waals surface area contributed by atoms with E-state index in [1.807, 2.05) is 26.1 Å². The monoisotopic (exact) mass is 292 g/mol.